The molecule has 0 bridgehead atoms. The minimum atomic E-state index is 0.00305. The maximum absolute atomic E-state index is 13.0. The maximum Gasteiger partial charge on any atom is 0.262 e. The van der Waals surface area contributed by atoms with Crippen LogP contribution in [0.5, 0.6) is 5.75 Å². The molecule has 0 atom stereocenters. The van der Waals surface area contributed by atoms with E-state index in [0.717, 1.165) is 28.4 Å². The van der Waals surface area contributed by atoms with E-state index in [0.29, 0.717) is 24.3 Å². The van der Waals surface area contributed by atoms with Crippen LogP contribution in [0.2, 0.25) is 0 Å². The highest BCUT2D eigenvalue weighted by Crippen LogP contribution is 2.24. The second kappa shape index (κ2) is 9.75. The molecule has 0 fully saturated rings. The molecule has 0 saturated heterocycles. The third-order valence-electron chi connectivity index (χ3n) is 4.31. The summed E-state index contributed by atoms with van der Waals surface area (Å²) in [5.74, 6) is 1.54. The average Bonchev–Trinajstić information content (AvgIpc) is 2.71. The van der Waals surface area contributed by atoms with E-state index in [-0.39, 0.29) is 11.7 Å². The van der Waals surface area contributed by atoms with Crippen molar-refractivity contribution in [2.45, 2.75) is 43.8 Å². The molecule has 5 nitrogen and oxygen atoms in total. The van der Waals surface area contributed by atoms with Gasteiger partial charge in [0.05, 0.1) is 24.1 Å². The number of benzene rings is 2. The third-order valence-corrected chi connectivity index (χ3v) is 5.35. The Balaban J connectivity index is 1.85. The molecule has 0 radical (unpaired) electrons. The van der Waals surface area contributed by atoms with Gasteiger partial charge < -0.3 is 9.47 Å². The van der Waals surface area contributed by atoms with Gasteiger partial charge in [-0.2, -0.15) is 0 Å². The summed E-state index contributed by atoms with van der Waals surface area (Å²) in [6, 6.07) is 15.5. The van der Waals surface area contributed by atoms with E-state index >= 15 is 0 Å². The fourth-order valence-corrected chi connectivity index (χ4v) is 3.88. The summed E-state index contributed by atoms with van der Waals surface area (Å²) in [6.45, 7) is 5.24. The van der Waals surface area contributed by atoms with Crippen LogP contribution in [0.1, 0.15) is 25.8 Å². The Kier molecular flexibility index (Phi) is 7.12. The molecule has 148 valence electrons. The standard InChI is InChI=1S/C22H26N2O3S/c1-16(2)27-13-7-12-24-21(25)19-10-4-5-11-20(19)23-22(24)28-15-17-8-6-9-18(14-17)26-3/h4-6,8-11,14,16H,7,12-13,15H2,1-3H3. The highest BCUT2D eigenvalue weighted by molar-refractivity contribution is 7.98. The molecule has 0 aliphatic carbocycles. The van der Waals surface area contributed by atoms with Crippen molar-refractivity contribution in [3.63, 3.8) is 0 Å². The van der Waals surface area contributed by atoms with E-state index in [1.807, 2.05) is 56.3 Å². The highest BCUT2D eigenvalue weighted by Gasteiger charge is 2.12. The molecule has 1 aromatic heterocycles. The molecule has 0 N–H and O–H groups in total. The fourth-order valence-electron chi connectivity index (χ4n) is 2.91. The van der Waals surface area contributed by atoms with Gasteiger partial charge in [-0.25, -0.2) is 4.98 Å². The molecule has 0 amide bonds. The van der Waals surface area contributed by atoms with Gasteiger partial charge in [-0.05, 0) is 50.1 Å². The minimum absolute atomic E-state index is 0.00305. The van der Waals surface area contributed by atoms with Crippen LogP contribution in [-0.2, 0) is 17.0 Å². The topological polar surface area (TPSA) is 53.3 Å². The predicted octanol–water partition coefficient (Wildman–Crippen LogP) is 4.51. The lowest BCUT2D eigenvalue weighted by Gasteiger charge is -2.14. The first-order valence-corrected chi connectivity index (χ1v) is 10.4. The summed E-state index contributed by atoms with van der Waals surface area (Å²) in [7, 11) is 1.66. The fraction of sp³-hybridized carbons (Fsp3) is 0.364. The van der Waals surface area contributed by atoms with Crippen molar-refractivity contribution >= 4 is 22.7 Å². The van der Waals surface area contributed by atoms with Gasteiger partial charge in [0.25, 0.3) is 5.56 Å². The number of aromatic nitrogens is 2. The number of fused-ring (bicyclic) bond motifs is 1. The molecule has 28 heavy (non-hydrogen) atoms. The van der Waals surface area contributed by atoms with E-state index in [1.165, 1.54) is 0 Å². The van der Waals surface area contributed by atoms with Gasteiger partial charge in [-0.3, -0.25) is 9.36 Å². The maximum atomic E-state index is 13.0. The molecule has 6 heteroatoms. The normalized spacial score (nSPS) is 11.3. The lowest BCUT2D eigenvalue weighted by molar-refractivity contribution is 0.0743. The smallest absolute Gasteiger partial charge is 0.262 e. The van der Waals surface area contributed by atoms with Crippen molar-refractivity contribution < 1.29 is 9.47 Å². The number of rotatable bonds is 9. The van der Waals surface area contributed by atoms with Gasteiger partial charge in [-0.15, -0.1) is 0 Å². The van der Waals surface area contributed by atoms with E-state index in [4.69, 9.17) is 14.5 Å². The molecule has 0 unspecified atom stereocenters. The van der Waals surface area contributed by atoms with Crippen LogP contribution in [0.4, 0.5) is 0 Å². The summed E-state index contributed by atoms with van der Waals surface area (Å²) >= 11 is 1.57. The molecule has 2 aromatic carbocycles. The third kappa shape index (κ3) is 5.14. The Morgan fingerprint density at radius 3 is 2.75 bits per heavy atom. The number of methoxy groups -OCH3 is 1. The minimum Gasteiger partial charge on any atom is -0.497 e. The molecule has 0 aliphatic rings. The Hall–Kier alpha value is -2.31. The van der Waals surface area contributed by atoms with Gasteiger partial charge >= 0.3 is 0 Å². The molecule has 0 saturated carbocycles. The van der Waals surface area contributed by atoms with Crippen LogP contribution in [0, 0.1) is 0 Å². The highest BCUT2D eigenvalue weighted by atomic mass is 32.2. The first-order valence-electron chi connectivity index (χ1n) is 9.45. The average molecular weight is 399 g/mol. The first-order chi connectivity index (χ1) is 13.6. The summed E-state index contributed by atoms with van der Waals surface area (Å²) in [5.41, 5.74) is 1.86. The zero-order valence-corrected chi connectivity index (χ0v) is 17.4. The van der Waals surface area contributed by atoms with Gasteiger partial charge in [0.2, 0.25) is 0 Å². The van der Waals surface area contributed by atoms with Gasteiger partial charge in [0, 0.05) is 18.9 Å². The Morgan fingerprint density at radius 2 is 1.96 bits per heavy atom. The van der Waals surface area contributed by atoms with Crippen LogP contribution in [0.3, 0.4) is 0 Å². The molecule has 3 aromatic rings. The molecular weight excluding hydrogens is 372 g/mol. The molecule has 0 aliphatic heterocycles. The van der Waals surface area contributed by atoms with Gasteiger partial charge in [0.1, 0.15) is 5.75 Å². The van der Waals surface area contributed by atoms with Crippen molar-refractivity contribution in [3.8, 4) is 5.75 Å². The lowest BCUT2D eigenvalue weighted by Crippen LogP contribution is -2.24. The largest absolute Gasteiger partial charge is 0.497 e. The summed E-state index contributed by atoms with van der Waals surface area (Å²) in [4.78, 5) is 17.8. The Bertz CT molecular complexity index is 985. The quantitative estimate of drug-likeness (QED) is 0.301. The monoisotopic (exact) mass is 398 g/mol. The number of hydrogen-bond donors (Lipinski definition) is 0. The summed E-state index contributed by atoms with van der Waals surface area (Å²) in [6.07, 6.45) is 0.957. The number of nitrogens with zero attached hydrogens (tertiary/aromatic N) is 2. The van der Waals surface area contributed by atoms with Crippen molar-refractivity contribution in [2.75, 3.05) is 13.7 Å². The van der Waals surface area contributed by atoms with Crippen LogP contribution >= 0.6 is 11.8 Å². The van der Waals surface area contributed by atoms with Crippen molar-refractivity contribution in [1.29, 1.82) is 0 Å². The zero-order chi connectivity index (χ0) is 19.9. The lowest BCUT2D eigenvalue weighted by atomic mass is 10.2. The number of hydrogen-bond acceptors (Lipinski definition) is 5. The van der Waals surface area contributed by atoms with E-state index in [9.17, 15) is 4.79 Å². The second-order valence-electron chi connectivity index (χ2n) is 6.78. The van der Waals surface area contributed by atoms with Crippen LogP contribution in [-0.4, -0.2) is 29.4 Å². The molecule has 0 spiro atoms. The van der Waals surface area contributed by atoms with E-state index in [2.05, 4.69) is 6.07 Å². The molecular formula is C22H26N2O3S. The van der Waals surface area contributed by atoms with E-state index in [1.54, 1.807) is 23.4 Å². The molecule has 1 heterocycles. The van der Waals surface area contributed by atoms with Crippen LogP contribution in [0.25, 0.3) is 10.9 Å². The summed E-state index contributed by atoms with van der Waals surface area (Å²) in [5, 5.41) is 1.38. The predicted molar refractivity (Wildman–Crippen MR) is 114 cm³/mol. The van der Waals surface area contributed by atoms with Crippen LogP contribution in [0.15, 0.2) is 58.5 Å². The number of ether oxygens (including phenoxy) is 2. The Morgan fingerprint density at radius 1 is 1.14 bits per heavy atom. The first kappa shape index (κ1) is 20.4. The van der Waals surface area contributed by atoms with Crippen molar-refractivity contribution in [3.05, 3.63) is 64.4 Å². The number of thioether (sulfide) groups is 1. The van der Waals surface area contributed by atoms with E-state index < -0.39 is 0 Å². The summed E-state index contributed by atoms with van der Waals surface area (Å²) < 4.78 is 12.7. The second-order valence-corrected chi connectivity index (χ2v) is 7.72. The van der Waals surface area contributed by atoms with Crippen molar-refractivity contribution in [2.24, 2.45) is 0 Å². The molecule has 3 rings (SSSR count). The van der Waals surface area contributed by atoms with Crippen LogP contribution < -0.4 is 10.3 Å². The SMILES string of the molecule is COc1cccc(CSc2nc3ccccc3c(=O)n2CCCOC(C)C)c1. The zero-order valence-electron chi connectivity index (χ0n) is 16.6. The van der Waals surface area contributed by atoms with Crippen molar-refractivity contribution in [1.82, 2.24) is 9.55 Å². The number of para-hydroxylation sites is 1. The van der Waals surface area contributed by atoms with Gasteiger partial charge in [0.15, 0.2) is 5.16 Å². The van der Waals surface area contributed by atoms with Gasteiger partial charge in [-0.1, -0.05) is 36.0 Å². The Labute approximate surface area is 169 Å².